The molecule has 0 saturated carbocycles. The Morgan fingerprint density at radius 3 is 2.75 bits per heavy atom. The number of anilines is 1. The summed E-state index contributed by atoms with van der Waals surface area (Å²) < 4.78 is 7.82. The second-order valence-corrected chi connectivity index (χ2v) is 7.12. The van der Waals surface area contributed by atoms with Gasteiger partial charge in [0.2, 0.25) is 5.95 Å². The molecular formula is C23H22N4O. The maximum atomic E-state index is 5.69. The van der Waals surface area contributed by atoms with Crippen LogP contribution in [0.5, 0.6) is 0 Å². The largest absolute Gasteiger partial charge is 0.376 e. The van der Waals surface area contributed by atoms with Crippen molar-refractivity contribution in [3.8, 4) is 5.95 Å². The maximum Gasteiger partial charge on any atom is 0.236 e. The molecule has 1 aliphatic heterocycles. The van der Waals surface area contributed by atoms with Gasteiger partial charge in [-0.2, -0.15) is 4.98 Å². The lowest BCUT2D eigenvalue weighted by molar-refractivity contribution is 0.109. The second-order valence-electron chi connectivity index (χ2n) is 7.12. The SMILES string of the molecule is Cc1cc2ccccc2n1-c1nc2c(c(NCc3ccccc3)n1)COCC2. The number of fused-ring (bicyclic) bond motifs is 2. The number of ether oxygens (including phenoxy) is 1. The lowest BCUT2D eigenvalue weighted by Crippen LogP contribution is -2.19. The molecule has 0 amide bonds. The molecule has 5 nitrogen and oxygen atoms in total. The first-order valence-corrected chi connectivity index (χ1v) is 9.62. The van der Waals surface area contributed by atoms with E-state index in [-0.39, 0.29) is 0 Å². The molecule has 5 heteroatoms. The number of para-hydroxylation sites is 1. The van der Waals surface area contributed by atoms with Gasteiger partial charge in [-0.05, 0) is 24.6 Å². The maximum absolute atomic E-state index is 5.69. The number of aromatic nitrogens is 3. The van der Waals surface area contributed by atoms with Gasteiger partial charge >= 0.3 is 0 Å². The molecule has 28 heavy (non-hydrogen) atoms. The first-order chi connectivity index (χ1) is 13.8. The summed E-state index contributed by atoms with van der Waals surface area (Å²) in [7, 11) is 0. The zero-order valence-electron chi connectivity index (χ0n) is 15.9. The zero-order valence-corrected chi connectivity index (χ0v) is 15.9. The Bertz CT molecular complexity index is 1130. The van der Waals surface area contributed by atoms with Crippen molar-refractivity contribution in [2.45, 2.75) is 26.5 Å². The van der Waals surface area contributed by atoms with Crippen LogP contribution in [0.25, 0.3) is 16.9 Å². The van der Waals surface area contributed by atoms with Gasteiger partial charge in [0.05, 0.1) is 24.4 Å². The number of aryl methyl sites for hydroxylation is 1. The van der Waals surface area contributed by atoms with Crippen LogP contribution in [-0.4, -0.2) is 21.1 Å². The summed E-state index contributed by atoms with van der Waals surface area (Å²) in [4.78, 5) is 9.83. The molecule has 0 saturated heterocycles. The summed E-state index contributed by atoms with van der Waals surface area (Å²) in [5.74, 6) is 1.58. The Balaban J connectivity index is 1.60. The third-order valence-electron chi connectivity index (χ3n) is 5.21. The first kappa shape index (κ1) is 17.0. The van der Waals surface area contributed by atoms with Crippen molar-refractivity contribution < 1.29 is 4.74 Å². The Hall–Kier alpha value is -3.18. The van der Waals surface area contributed by atoms with E-state index < -0.39 is 0 Å². The second kappa shape index (κ2) is 7.09. The lowest BCUT2D eigenvalue weighted by Gasteiger charge is -2.21. The zero-order chi connectivity index (χ0) is 18.9. The van der Waals surface area contributed by atoms with Crippen molar-refractivity contribution >= 4 is 16.7 Å². The molecule has 140 valence electrons. The molecule has 0 aliphatic carbocycles. The van der Waals surface area contributed by atoms with E-state index >= 15 is 0 Å². The molecule has 1 N–H and O–H groups in total. The smallest absolute Gasteiger partial charge is 0.236 e. The van der Waals surface area contributed by atoms with E-state index in [1.165, 1.54) is 10.9 Å². The van der Waals surface area contributed by atoms with E-state index in [1.807, 2.05) is 6.07 Å². The highest BCUT2D eigenvalue weighted by atomic mass is 16.5. The van der Waals surface area contributed by atoms with E-state index in [0.29, 0.717) is 13.2 Å². The van der Waals surface area contributed by atoms with Gasteiger partial charge in [-0.3, -0.25) is 4.57 Å². The van der Waals surface area contributed by atoms with Crippen LogP contribution in [0.1, 0.15) is 22.5 Å². The highest BCUT2D eigenvalue weighted by Gasteiger charge is 2.20. The van der Waals surface area contributed by atoms with Crippen molar-refractivity contribution in [3.63, 3.8) is 0 Å². The van der Waals surface area contributed by atoms with E-state index in [0.717, 1.165) is 47.2 Å². The third kappa shape index (κ3) is 3.04. The molecule has 5 rings (SSSR count). The van der Waals surface area contributed by atoms with E-state index in [1.54, 1.807) is 0 Å². The van der Waals surface area contributed by atoms with E-state index in [2.05, 4.69) is 71.4 Å². The highest BCUT2D eigenvalue weighted by Crippen LogP contribution is 2.27. The predicted molar refractivity (Wildman–Crippen MR) is 111 cm³/mol. The minimum Gasteiger partial charge on any atom is -0.376 e. The number of hydrogen-bond acceptors (Lipinski definition) is 4. The quantitative estimate of drug-likeness (QED) is 0.578. The molecule has 0 bridgehead atoms. The molecule has 0 fully saturated rings. The summed E-state index contributed by atoms with van der Waals surface area (Å²) >= 11 is 0. The van der Waals surface area contributed by atoms with Crippen molar-refractivity contribution in [1.29, 1.82) is 0 Å². The lowest BCUT2D eigenvalue weighted by atomic mass is 10.1. The molecule has 1 aliphatic rings. The molecule has 0 unspecified atom stereocenters. The Labute approximate surface area is 164 Å². The summed E-state index contributed by atoms with van der Waals surface area (Å²) in [5.41, 5.74) is 5.61. The fourth-order valence-corrected chi connectivity index (χ4v) is 3.81. The van der Waals surface area contributed by atoms with Gasteiger partial charge in [-0.15, -0.1) is 0 Å². The van der Waals surface area contributed by atoms with E-state index in [4.69, 9.17) is 14.7 Å². The molecule has 2 aromatic carbocycles. The van der Waals surface area contributed by atoms with Crippen molar-refractivity contribution in [2.75, 3.05) is 11.9 Å². The van der Waals surface area contributed by atoms with Gasteiger partial charge < -0.3 is 10.1 Å². The summed E-state index contributed by atoms with van der Waals surface area (Å²) in [5, 5.41) is 4.71. The number of hydrogen-bond donors (Lipinski definition) is 1. The van der Waals surface area contributed by atoms with Gasteiger partial charge in [-0.1, -0.05) is 48.5 Å². The van der Waals surface area contributed by atoms with Crippen LogP contribution in [0.4, 0.5) is 5.82 Å². The monoisotopic (exact) mass is 370 g/mol. The fraction of sp³-hybridized carbons (Fsp3) is 0.217. The normalized spacial score (nSPS) is 13.5. The number of nitrogens with zero attached hydrogens (tertiary/aromatic N) is 3. The molecule has 0 spiro atoms. The molecule has 2 aromatic heterocycles. The topological polar surface area (TPSA) is 52.0 Å². The number of benzene rings is 2. The van der Waals surface area contributed by atoms with Gasteiger partial charge in [0, 0.05) is 29.6 Å². The molecule has 0 radical (unpaired) electrons. The number of nitrogens with one attached hydrogen (secondary N) is 1. The van der Waals surface area contributed by atoms with Crippen LogP contribution in [0.15, 0.2) is 60.7 Å². The summed E-state index contributed by atoms with van der Waals surface area (Å²) in [6.45, 7) is 4.07. The minimum absolute atomic E-state index is 0.554. The standard InChI is InChI=1S/C23H22N4O/c1-16-13-18-9-5-6-10-21(18)27(16)23-25-20-11-12-28-15-19(20)22(26-23)24-14-17-7-3-2-4-8-17/h2-10,13H,11-12,14-15H2,1H3,(H,24,25,26). The van der Waals surface area contributed by atoms with Crippen molar-refractivity contribution in [1.82, 2.24) is 14.5 Å². The fourth-order valence-electron chi connectivity index (χ4n) is 3.81. The van der Waals surface area contributed by atoms with Gasteiger partial charge in [0.1, 0.15) is 5.82 Å². The average Bonchev–Trinajstić information content (AvgIpc) is 3.08. The molecule has 3 heterocycles. The molecule has 0 atom stereocenters. The number of rotatable bonds is 4. The first-order valence-electron chi connectivity index (χ1n) is 9.62. The minimum atomic E-state index is 0.554. The van der Waals surface area contributed by atoms with E-state index in [9.17, 15) is 0 Å². The van der Waals surface area contributed by atoms with Gasteiger partial charge in [-0.25, -0.2) is 4.98 Å². The van der Waals surface area contributed by atoms with Crippen molar-refractivity contribution in [3.05, 3.63) is 83.2 Å². The Morgan fingerprint density at radius 1 is 1.04 bits per heavy atom. The van der Waals surface area contributed by atoms with Crippen LogP contribution in [0.3, 0.4) is 0 Å². The Kier molecular flexibility index (Phi) is 4.29. The van der Waals surface area contributed by atoms with Crippen molar-refractivity contribution in [2.24, 2.45) is 0 Å². The van der Waals surface area contributed by atoms with Crippen LogP contribution in [-0.2, 0) is 24.3 Å². The molecule has 4 aromatic rings. The van der Waals surface area contributed by atoms with Crippen LogP contribution in [0, 0.1) is 6.92 Å². The Morgan fingerprint density at radius 2 is 1.86 bits per heavy atom. The summed E-state index contributed by atoms with van der Waals surface area (Å²) in [6.07, 6.45) is 0.809. The average molecular weight is 370 g/mol. The predicted octanol–water partition coefficient (Wildman–Crippen LogP) is 4.41. The van der Waals surface area contributed by atoms with Crippen LogP contribution < -0.4 is 5.32 Å². The molecular weight excluding hydrogens is 348 g/mol. The summed E-state index contributed by atoms with van der Waals surface area (Å²) in [6, 6.07) is 20.9. The van der Waals surface area contributed by atoms with Crippen LogP contribution in [0.2, 0.25) is 0 Å². The van der Waals surface area contributed by atoms with Gasteiger partial charge in [0.25, 0.3) is 0 Å². The third-order valence-corrected chi connectivity index (χ3v) is 5.21. The van der Waals surface area contributed by atoms with Crippen LogP contribution >= 0.6 is 0 Å². The van der Waals surface area contributed by atoms with Gasteiger partial charge in [0.15, 0.2) is 0 Å². The highest BCUT2D eigenvalue weighted by molar-refractivity contribution is 5.82.